The van der Waals surface area contributed by atoms with Gasteiger partial charge in [0.05, 0.1) is 18.1 Å². The highest BCUT2D eigenvalue weighted by Crippen LogP contribution is 2.22. The van der Waals surface area contributed by atoms with E-state index in [1.165, 1.54) is 16.7 Å². The SMILES string of the molecule is C[C@H](c1ccc(-c2cncc(C(=O)N(C)C)n2)cc1)N(C)C. The molecule has 0 saturated carbocycles. The summed E-state index contributed by atoms with van der Waals surface area (Å²) >= 11 is 0. The quantitative estimate of drug-likeness (QED) is 0.870. The van der Waals surface area contributed by atoms with Gasteiger partial charge in [0.2, 0.25) is 0 Å². The zero-order valence-electron chi connectivity index (χ0n) is 13.7. The zero-order chi connectivity index (χ0) is 16.3. The van der Waals surface area contributed by atoms with Crippen molar-refractivity contribution in [3.8, 4) is 11.3 Å². The number of carbonyl (C=O) groups excluding carboxylic acids is 1. The number of carbonyl (C=O) groups is 1. The van der Waals surface area contributed by atoms with Crippen molar-refractivity contribution >= 4 is 5.91 Å². The van der Waals surface area contributed by atoms with Crippen LogP contribution in [0.5, 0.6) is 0 Å². The van der Waals surface area contributed by atoms with E-state index in [1.54, 1.807) is 20.3 Å². The molecule has 5 heteroatoms. The van der Waals surface area contributed by atoms with Gasteiger partial charge in [0.1, 0.15) is 5.69 Å². The van der Waals surface area contributed by atoms with E-state index in [9.17, 15) is 4.79 Å². The van der Waals surface area contributed by atoms with Gasteiger partial charge in [0.25, 0.3) is 5.91 Å². The number of aromatic nitrogens is 2. The van der Waals surface area contributed by atoms with E-state index in [0.29, 0.717) is 17.4 Å². The highest BCUT2D eigenvalue weighted by atomic mass is 16.2. The van der Waals surface area contributed by atoms with Gasteiger partial charge >= 0.3 is 0 Å². The van der Waals surface area contributed by atoms with Gasteiger partial charge in [-0.2, -0.15) is 0 Å². The summed E-state index contributed by atoms with van der Waals surface area (Å²) in [5, 5.41) is 0. The van der Waals surface area contributed by atoms with Crippen molar-refractivity contribution in [3.63, 3.8) is 0 Å². The predicted molar refractivity (Wildman–Crippen MR) is 87.6 cm³/mol. The van der Waals surface area contributed by atoms with Crippen molar-refractivity contribution < 1.29 is 4.79 Å². The van der Waals surface area contributed by atoms with Crippen LogP contribution in [0.1, 0.15) is 29.0 Å². The van der Waals surface area contributed by atoms with E-state index < -0.39 is 0 Å². The number of amides is 1. The van der Waals surface area contributed by atoms with Crippen molar-refractivity contribution in [2.45, 2.75) is 13.0 Å². The monoisotopic (exact) mass is 298 g/mol. The Morgan fingerprint density at radius 2 is 1.68 bits per heavy atom. The molecular formula is C17H22N4O. The highest BCUT2D eigenvalue weighted by Gasteiger charge is 2.12. The first-order valence-corrected chi connectivity index (χ1v) is 7.20. The Morgan fingerprint density at radius 1 is 1.05 bits per heavy atom. The third-order valence-electron chi connectivity index (χ3n) is 3.72. The van der Waals surface area contributed by atoms with Crippen molar-refractivity contribution in [1.82, 2.24) is 19.8 Å². The molecule has 0 aliphatic carbocycles. The molecule has 2 rings (SSSR count). The maximum absolute atomic E-state index is 12.0. The fourth-order valence-electron chi connectivity index (χ4n) is 2.07. The van der Waals surface area contributed by atoms with Gasteiger partial charge in [0.15, 0.2) is 0 Å². The first kappa shape index (κ1) is 16.1. The van der Waals surface area contributed by atoms with Crippen molar-refractivity contribution in [2.24, 2.45) is 0 Å². The van der Waals surface area contributed by atoms with Gasteiger partial charge in [-0.3, -0.25) is 9.78 Å². The Hall–Kier alpha value is -2.27. The predicted octanol–water partition coefficient (Wildman–Crippen LogP) is 2.47. The van der Waals surface area contributed by atoms with Crippen LogP contribution in [0.25, 0.3) is 11.3 Å². The summed E-state index contributed by atoms with van der Waals surface area (Å²) in [6, 6.07) is 8.55. The normalized spacial score (nSPS) is 12.3. The Bertz CT molecular complexity index is 650. The van der Waals surface area contributed by atoms with Gasteiger partial charge in [-0.15, -0.1) is 0 Å². The smallest absolute Gasteiger partial charge is 0.273 e. The van der Waals surface area contributed by atoms with Gasteiger partial charge in [-0.1, -0.05) is 24.3 Å². The molecule has 0 bridgehead atoms. The minimum absolute atomic E-state index is 0.146. The van der Waals surface area contributed by atoms with Gasteiger partial charge in [-0.05, 0) is 26.6 Å². The second-order valence-corrected chi connectivity index (χ2v) is 5.75. The maximum Gasteiger partial charge on any atom is 0.273 e. The van der Waals surface area contributed by atoms with Crippen molar-refractivity contribution in [2.75, 3.05) is 28.2 Å². The van der Waals surface area contributed by atoms with E-state index in [2.05, 4.69) is 48.0 Å². The number of hydrogen-bond donors (Lipinski definition) is 0. The van der Waals surface area contributed by atoms with Crippen molar-refractivity contribution in [3.05, 3.63) is 47.9 Å². The first-order valence-electron chi connectivity index (χ1n) is 7.20. The van der Waals surface area contributed by atoms with Gasteiger partial charge in [-0.25, -0.2) is 4.98 Å². The zero-order valence-corrected chi connectivity index (χ0v) is 13.7. The summed E-state index contributed by atoms with van der Waals surface area (Å²) in [5.74, 6) is -0.146. The van der Waals surface area contributed by atoms with Crippen LogP contribution in [0.2, 0.25) is 0 Å². The minimum Gasteiger partial charge on any atom is -0.343 e. The number of rotatable bonds is 4. The Morgan fingerprint density at radius 3 is 2.23 bits per heavy atom. The van der Waals surface area contributed by atoms with Crippen LogP contribution >= 0.6 is 0 Å². The lowest BCUT2D eigenvalue weighted by atomic mass is 10.0. The third-order valence-corrected chi connectivity index (χ3v) is 3.72. The number of nitrogens with zero attached hydrogens (tertiary/aromatic N) is 4. The van der Waals surface area contributed by atoms with E-state index in [0.717, 1.165) is 5.56 Å². The summed E-state index contributed by atoms with van der Waals surface area (Å²) in [6.07, 6.45) is 3.17. The number of hydrogen-bond acceptors (Lipinski definition) is 4. The van der Waals surface area contributed by atoms with Gasteiger partial charge < -0.3 is 9.80 Å². The Labute approximate surface area is 131 Å². The third kappa shape index (κ3) is 3.49. The average Bonchev–Trinajstić information content (AvgIpc) is 2.53. The second-order valence-electron chi connectivity index (χ2n) is 5.75. The lowest BCUT2D eigenvalue weighted by molar-refractivity contribution is 0.0821. The molecule has 0 fully saturated rings. The Kier molecular flexibility index (Phi) is 4.88. The van der Waals surface area contributed by atoms with E-state index in [4.69, 9.17) is 0 Å². The van der Waals surface area contributed by atoms with Gasteiger partial charge in [0, 0.05) is 25.7 Å². The Balaban J connectivity index is 2.29. The maximum atomic E-state index is 12.0. The van der Waals surface area contributed by atoms with Crippen LogP contribution in [0, 0.1) is 0 Å². The fraction of sp³-hybridized carbons (Fsp3) is 0.353. The molecular weight excluding hydrogens is 276 g/mol. The molecule has 1 heterocycles. The standard InChI is InChI=1S/C17H22N4O/c1-12(20(2)3)13-6-8-14(9-7-13)15-10-18-11-16(19-15)17(22)21(4)5/h6-12H,1-5H3/t12-/m1/s1. The summed E-state index contributed by atoms with van der Waals surface area (Å²) in [7, 11) is 7.52. The average molecular weight is 298 g/mol. The molecule has 22 heavy (non-hydrogen) atoms. The molecule has 0 aliphatic heterocycles. The molecule has 0 radical (unpaired) electrons. The lowest BCUT2D eigenvalue weighted by Gasteiger charge is -2.20. The largest absolute Gasteiger partial charge is 0.343 e. The summed E-state index contributed by atoms with van der Waals surface area (Å²) < 4.78 is 0. The molecule has 0 unspecified atom stereocenters. The highest BCUT2D eigenvalue weighted by molar-refractivity contribution is 5.92. The molecule has 116 valence electrons. The minimum atomic E-state index is -0.146. The summed E-state index contributed by atoms with van der Waals surface area (Å²) in [5.41, 5.74) is 3.25. The van der Waals surface area contributed by atoms with Crippen LogP contribution in [0.15, 0.2) is 36.7 Å². The molecule has 0 N–H and O–H groups in total. The first-order chi connectivity index (χ1) is 10.4. The molecule has 0 saturated heterocycles. The van der Waals surface area contributed by atoms with Crippen LogP contribution in [0.3, 0.4) is 0 Å². The van der Waals surface area contributed by atoms with Crippen LogP contribution in [-0.2, 0) is 0 Å². The summed E-state index contributed by atoms with van der Waals surface area (Å²) in [4.78, 5) is 24.2. The van der Waals surface area contributed by atoms with Crippen LogP contribution in [0.4, 0.5) is 0 Å². The summed E-state index contributed by atoms with van der Waals surface area (Å²) in [6.45, 7) is 2.16. The molecule has 1 atom stereocenters. The van der Waals surface area contributed by atoms with Crippen LogP contribution < -0.4 is 0 Å². The van der Waals surface area contributed by atoms with Crippen molar-refractivity contribution in [1.29, 1.82) is 0 Å². The van der Waals surface area contributed by atoms with E-state index >= 15 is 0 Å². The molecule has 0 spiro atoms. The molecule has 1 aromatic heterocycles. The second kappa shape index (κ2) is 6.66. The molecule has 5 nitrogen and oxygen atoms in total. The van der Waals surface area contributed by atoms with Crippen LogP contribution in [-0.4, -0.2) is 53.9 Å². The lowest BCUT2D eigenvalue weighted by Crippen LogP contribution is -2.23. The topological polar surface area (TPSA) is 49.3 Å². The molecule has 0 aliphatic rings. The fourth-order valence-corrected chi connectivity index (χ4v) is 2.07. The molecule has 1 aromatic carbocycles. The molecule has 1 amide bonds. The van der Waals surface area contributed by atoms with E-state index in [-0.39, 0.29) is 5.91 Å². The number of benzene rings is 1. The van der Waals surface area contributed by atoms with E-state index in [1.807, 2.05) is 12.1 Å². The molecule has 2 aromatic rings.